The summed E-state index contributed by atoms with van der Waals surface area (Å²) < 4.78 is 17.2. The van der Waals surface area contributed by atoms with Gasteiger partial charge in [-0.1, -0.05) is 26.7 Å². The van der Waals surface area contributed by atoms with Gasteiger partial charge in [-0.2, -0.15) is 0 Å². The summed E-state index contributed by atoms with van der Waals surface area (Å²) in [6.45, 7) is 7.03. The fraction of sp³-hybridized carbons (Fsp3) is 0.720. The third kappa shape index (κ3) is 7.06. The van der Waals surface area contributed by atoms with Gasteiger partial charge in [-0.25, -0.2) is 9.78 Å². The number of methoxy groups -OCH3 is 1. The van der Waals surface area contributed by atoms with Gasteiger partial charge in [0.2, 0.25) is 0 Å². The summed E-state index contributed by atoms with van der Waals surface area (Å²) in [6, 6.07) is 0.640. The lowest BCUT2D eigenvalue weighted by atomic mass is 9.86. The molecule has 2 heterocycles. The average Bonchev–Trinajstić information content (AvgIpc) is 3.59. The van der Waals surface area contributed by atoms with Crippen molar-refractivity contribution < 1.29 is 28.9 Å². The normalized spacial score (nSPS) is 26.2. The number of hydrogen-bond acceptors (Lipinski definition) is 7. The van der Waals surface area contributed by atoms with E-state index in [0.717, 1.165) is 25.7 Å². The second-order valence-corrected chi connectivity index (χ2v) is 9.78. The molecule has 3 rings (SSSR count). The minimum atomic E-state index is -0.819. The fourth-order valence-corrected chi connectivity index (χ4v) is 4.37. The molecular weight excluding hydrogens is 424 g/mol. The number of esters is 1. The molecule has 33 heavy (non-hydrogen) atoms. The van der Waals surface area contributed by atoms with Gasteiger partial charge in [-0.15, -0.1) is 0 Å². The smallest absolute Gasteiger partial charge is 0.329 e. The molecule has 184 valence electrons. The molecule has 0 radical (unpaired) electrons. The molecule has 0 spiro atoms. The van der Waals surface area contributed by atoms with E-state index in [0.29, 0.717) is 30.8 Å². The number of nitrogens with zero attached hydrogens (tertiary/aromatic N) is 1. The van der Waals surface area contributed by atoms with E-state index in [-0.39, 0.29) is 23.3 Å². The predicted molar refractivity (Wildman–Crippen MR) is 123 cm³/mol. The van der Waals surface area contributed by atoms with Crippen LogP contribution >= 0.6 is 0 Å². The number of hydrogen-bond donors (Lipinski definition) is 2. The molecule has 1 amide bonds. The number of cyclic esters (lactones) is 1. The van der Waals surface area contributed by atoms with Crippen LogP contribution < -0.4 is 10.1 Å². The molecule has 2 aliphatic rings. The fourth-order valence-electron chi connectivity index (χ4n) is 4.37. The van der Waals surface area contributed by atoms with E-state index in [1.807, 2.05) is 6.92 Å². The van der Waals surface area contributed by atoms with E-state index in [1.165, 1.54) is 32.2 Å². The van der Waals surface area contributed by atoms with Crippen LogP contribution in [0.3, 0.4) is 0 Å². The Kier molecular flexibility index (Phi) is 8.95. The second-order valence-electron chi connectivity index (χ2n) is 9.78. The van der Waals surface area contributed by atoms with Gasteiger partial charge in [0.1, 0.15) is 12.1 Å². The molecule has 0 bridgehead atoms. The highest BCUT2D eigenvalue weighted by Gasteiger charge is 2.36. The Labute approximate surface area is 196 Å². The number of amides is 1. The standard InChI is InChI=1S/C25H38N2O6/c1-15(2)8-11-18-6-5-7-19(25(30)33-16(3)23(18)32-14-17-9-10-17)27-24(29)21-22(28)20(31-4)12-13-26-21/h12-13,15-19,23,28H,5-11,14H2,1-4H3,(H,27,29)/t16-,18+,19-,23-/m0/s1. The summed E-state index contributed by atoms with van der Waals surface area (Å²) >= 11 is 0. The maximum atomic E-state index is 13.0. The highest BCUT2D eigenvalue weighted by Crippen LogP contribution is 2.33. The summed E-state index contributed by atoms with van der Waals surface area (Å²) in [5.41, 5.74) is -0.185. The van der Waals surface area contributed by atoms with Crippen LogP contribution in [-0.2, 0) is 14.3 Å². The Hall–Kier alpha value is -2.35. The minimum absolute atomic E-state index is 0.143. The lowest BCUT2D eigenvalue weighted by Gasteiger charge is -2.31. The van der Waals surface area contributed by atoms with Gasteiger partial charge < -0.3 is 24.6 Å². The van der Waals surface area contributed by atoms with Gasteiger partial charge in [-0.05, 0) is 56.8 Å². The van der Waals surface area contributed by atoms with Crippen molar-refractivity contribution in [3.05, 3.63) is 18.0 Å². The molecule has 2 N–H and O–H groups in total. The topological polar surface area (TPSA) is 107 Å². The first-order valence-electron chi connectivity index (χ1n) is 12.1. The Balaban J connectivity index is 1.71. The largest absolute Gasteiger partial charge is 0.503 e. The van der Waals surface area contributed by atoms with Crippen LogP contribution in [0, 0.1) is 17.8 Å². The lowest BCUT2D eigenvalue weighted by molar-refractivity contribution is -0.161. The van der Waals surface area contributed by atoms with Crippen molar-refractivity contribution in [1.82, 2.24) is 10.3 Å². The van der Waals surface area contributed by atoms with Crippen LogP contribution in [0.2, 0.25) is 0 Å². The van der Waals surface area contributed by atoms with Crippen LogP contribution in [0.5, 0.6) is 11.5 Å². The summed E-state index contributed by atoms with van der Waals surface area (Å²) in [7, 11) is 1.39. The van der Waals surface area contributed by atoms with E-state index in [4.69, 9.17) is 14.2 Å². The monoisotopic (exact) mass is 462 g/mol. The molecule has 1 aliphatic heterocycles. The number of aromatic hydroxyl groups is 1. The zero-order chi connectivity index (χ0) is 24.0. The lowest BCUT2D eigenvalue weighted by Crippen LogP contribution is -2.44. The van der Waals surface area contributed by atoms with Crippen molar-refractivity contribution in [2.75, 3.05) is 13.7 Å². The Morgan fingerprint density at radius 2 is 2.06 bits per heavy atom. The van der Waals surface area contributed by atoms with Crippen molar-refractivity contribution in [3.8, 4) is 11.5 Å². The van der Waals surface area contributed by atoms with E-state index >= 15 is 0 Å². The van der Waals surface area contributed by atoms with Crippen LogP contribution in [0.25, 0.3) is 0 Å². The predicted octanol–water partition coefficient (Wildman–Crippen LogP) is 3.86. The number of ether oxygens (including phenoxy) is 3. The van der Waals surface area contributed by atoms with Crippen molar-refractivity contribution >= 4 is 11.9 Å². The quantitative estimate of drug-likeness (QED) is 0.537. The molecule has 1 aromatic rings. The molecular formula is C25H38N2O6. The third-order valence-corrected chi connectivity index (χ3v) is 6.55. The maximum Gasteiger partial charge on any atom is 0.329 e. The summed E-state index contributed by atoms with van der Waals surface area (Å²) in [5, 5.41) is 12.9. The van der Waals surface area contributed by atoms with Crippen LogP contribution in [0.15, 0.2) is 12.3 Å². The Bertz CT molecular complexity index is 810. The molecule has 0 aromatic carbocycles. The molecule has 1 aliphatic carbocycles. The molecule has 4 atom stereocenters. The van der Waals surface area contributed by atoms with E-state index in [9.17, 15) is 14.7 Å². The zero-order valence-electron chi connectivity index (χ0n) is 20.2. The first kappa shape index (κ1) is 25.3. The van der Waals surface area contributed by atoms with Crippen molar-refractivity contribution in [2.24, 2.45) is 17.8 Å². The van der Waals surface area contributed by atoms with Gasteiger partial charge in [0, 0.05) is 18.9 Å². The van der Waals surface area contributed by atoms with Crippen molar-refractivity contribution in [1.29, 1.82) is 0 Å². The number of rotatable bonds is 9. The SMILES string of the molecule is COc1ccnc(C(=O)N[C@H]2CCC[C@H](CCC(C)C)[C@@H](OCC3CC3)[C@H](C)OC2=O)c1O. The summed E-state index contributed by atoms with van der Waals surface area (Å²) in [4.78, 5) is 29.7. The molecule has 1 saturated carbocycles. The highest BCUT2D eigenvalue weighted by molar-refractivity contribution is 5.97. The second kappa shape index (κ2) is 11.7. The summed E-state index contributed by atoms with van der Waals surface area (Å²) in [6.07, 6.45) is 7.46. The third-order valence-electron chi connectivity index (χ3n) is 6.55. The van der Waals surface area contributed by atoms with E-state index < -0.39 is 24.0 Å². The van der Waals surface area contributed by atoms with Gasteiger partial charge in [0.05, 0.1) is 13.2 Å². The average molecular weight is 463 g/mol. The van der Waals surface area contributed by atoms with E-state index in [1.54, 1.807) is 0 Å². The van der Waals surface area contributed by atoms with Gasteiger partial charge in [0.25, 0.3) is 5.91 Å². The van der Waals surface area contributed by atoms with Crippen molar-refractivity contribution in [3.63, 3.8) is 0 Å². The number of aromatic nitrogens is 1. The molecule has 8 nitrogen and oxygen atoms in total. The molecule has 2 fully saturated rings. The molecule has 8 heteroatoms. The number of nitrogens with one attached hydrogen (secondary N) is 1. The first-order chi connectivity index (χ1) is 15.8. The van der Waals surface area contributed by atoms with Crippen molar-refractivity contribution in [2.45, 2.75) is 84.0 Å². The van der Waals surface area contributed by atoms with Crippen LogP contribution in [-0.4, -0.2) is 53.9 Å². The highest BCUT2D eigenvalue weighted by atomic mass is 16.6. The number of carbonyl (C=O) groups excluding carboxylic acids is 2. The zero-order valence-corrected chi connectivity index (χ0v) is 20.2. The van der Waals surface area contributed by atoms with Crippen LogP contribution in [0.4, 0.5) is 0 Å². The minimum Gasteiger partial charge on any atom is -0.503 e. The van der Waals surface area contributed by atoms with Gasteiger partial charge in [-0.3, -0.25) is 4.79 Å². The molecule has 1 aromatic heterocycles. The number of pyridine rings is 1. The molecule has 0 unspecified atom stereocenters. The Morgan fingerprint density at radius 3 is 2.73 bits per heavy atom. The van der Waals surface area contributed by atoms with Crippen LogP contribution in [0.1, 0.15) is 76.2 Å². The maximum absolute atomic E-state index is 13.0. The summed E-state index contributed by atoms with van der Waals surface area (Å²) in [5.74, 6) is 0.179. The van der Waals surface area contributed by atoms with Gasteiger partial charge >= 0.3 is 5.97 Å². The Morgan fingerprint density at radius 1 is 1.30 bits per heavy atom. The molecule has 1 saturated heterocycles. The first-order valence-corrected chi connectivity index (χ1v) is 12.1. The number of carbonyl (C=O) groups is 2. The van der Waals surface area contributed by atoms with Gasteiger partial charge in [0.15, 0.2) is 17.2 Å². The van der Waals surface area contributed by atoms with E-state index in [2.05, 4.69) is 24.1 Å².